The van der Waals surface area contributed by atoms with Gasteiger partial charge < -0.3 is 9.63 Å². The van der Waals surface area contributed by atoms with Gasteiger partial charge in [-0.25, -0.2) is 0 Å². The molecule has 0 aliphatic carbocycles. The summed E-state index contributed by atoms with van der Waals surface area (Å²) in [5, 5.41) is 15.6. The largest absolute Gasteiger partial charge is 0.542 e. The van der Waals surface area contributed by atoms with Crippen molar-refractivity contribution < 1.29 is 9.63 Å². The Morgan fingerprint density at radius 3 is 2.14 bits per heavy atom. The molecule has 0 spiro atoms. The quantitative estimate of drug-likeness (QED) is 0.196. The van der Waals surface area contributed by atoms with E-state index in [0.717, 1.165) is 36.0 Å². The van der Waals surface area contributed by atoms with E-state index in [9.17, 15) is 5.21 Å². The molecule has 0 aliphatic rings. The number of nitrogens with zero attached hydrogens (tertiary/aromatic N) is 1. The molecule has 0 radical (unpaired) electrons. The van der Waals surface area contributed by atoms with E-state index in [4.69, 9.17) is 4.43 Å². The van der Waals surface area contributed by atoms with Crippen molar-refractivity contribution in [1.82, 2.24) is 0 Å². The standard InChI is InChI=1S/C25H39NO2Si/c1-9-10-13-22-16-21-14-11-12-15-23(21)24(20(8)26-27)25(22)28-29(17(2)3,18(4)5)19(6)7/h11-12,14-19,27H,9-10,13H2,1-8H3/b26-20+. The zero-order valence-corrected chi connectivity index (χ0v) is 20.5. The fourth-order valence-corrected chi connectivity index (χ4v) is 10.3. The Hall–Kier alpha value is -1.81. The Morgan fingerprint density at radius 1 is 1.03 bits per heavy atom. The molecule has 0 aromatic heterocycles. The van der Waals surface area contributed by atoms with Crippen LogP contribution in [0, 0.1) is 0 Å². The van der Waals surface area contributed by atoms with Gasteiger partial charge in [-0.15, -0.1) is 0 Å². The fourth-order valence-electron chi connectivity index (χ4n) is 5.00. The highest BCUT2D eigenvalue weighted by Gasteiger charge is 2.47. The minimum Gasteiger partial charge on any atom is -0.542 e. The van der Waals surface area contributed by atoms with Crippen molar-refractivity contribution in [1.29, 1.82) is 0 Å². The monoisotopic (exact) mass is 413 g/mol. The zero-order chi connectivity index (χ0) is 21.8. The molecule has 160 valence electrons. The average Bonchev–Trinajstić information content (AvgIpc) is 2.68. The first-order valence-electron chi connectivity index (χ1n) is 11.1. The molecule has 2 aromatic carbocycles. The number of benzene rings is 2. The van der Waals surface area contributed by atoms with E-state index in [1.165, 1.54) is 10.9 Å². The first kappa shape index (κ1) is 23.5. The first-order valence-corrected chi connectivity index (χ1v) is 13.3. The third kappa shape index (κ3) is 4.52. The van der Waals surface area contributed by atoms with Gasteiger partial charge >= 0.3 is 0 Å². The number of hydrogen-bond donors (Lipinski definition) is 1. The number of aryl methyl sites for hydroxylation is 1. The number of oxime groups is 1. The maximum absolute atomic E-state index is 9.71. The Kier molecular flexibility index (Phi) is 7.92. The van der Waals surface area contributed by atoms with E-state index in [1.54, 1.807) is 0 Å². The molecule has 0 saturated carbocycles. The van der Waals surface area contributed by atoms with Gasteiger partial charge in [-0.2, -0.15) is 0 Å². The van der Waals surface area contributed by atoms with Crippen LogP contribution in [0.3, 0.4) is 0 Å². The lowest BCUT2D eigenvalue weighted by Crippen LogP contribution is -2.51. The van der Waals surface area contributed by atoms with Crippen LogP contribution in [0.1, 0.15) is 79.4 Å². The molecule has 0 aliphatic heterocycles. The molecule has 0 unspecified atom stereocenters. The van der Waals surface area contributed by atoms with Crippen molar-refractivity contribution in [2.24, 2.45) is 5.16 Å². The second kappa shape index (κ2) is 9.79. The Balaban J connectivity index is 2.87. The molecular weight excluding hydrogens is 374 g/mol. The summed E-state index contributed by atoms with van der Waals surface area (Å²) in [6.07, 6.45) is 3.22. The second-order valence-corrected chi connectivity index (χ2v) is 14.5. The number of unbranched alkanes of at least 4 members (excludes halogenated alkanes) is 1. The fraction of sp³-hybridized carbons (Fsp3) is 0.560. The van der Waals surface area contributed by atoms with E-state index in [0.29, 0.717) is 22.3 Å². The predicted octanol–water partition coefficient (Wildman–Crippen LogP) is 7.93. The third-order valence-corrected chi connectivity index (χ3v) is 12.3. The normalized spacial score (nSPS) is 13.1. The zero-order valence-electron chi connectivity index (χ0n) is 19.5. The van der Waals surface area contributed by atoms with Crippen molar-refractivity contribution in [2.45, 2.75) is 91.3 Å². The third-order valence-electron chi connectivity index (χ3n) is 6.38. The van der Waals surface area contributed by atoms with Crippen LogP contribution in [0.4, 0.5) is 0 Å². The van der Waals surface area contributed by atoms with E-state index in [2.05, 4.69) is 77.9 Å². The van der Waals surface area contributed by atoms with Gasteiger partial charge in [0.1, 0.15) is 5.75 Å². The summed E-state index contributed by atoms with van der Waals surface area (Å²) in [5.41, 5.74) is 4.25. The van der Waals surface area contributed by atoms with Crippen molar-refractivity contribution in [2.75, 3.05) is 0 Å². The molecule has 4 heteroatoms. The maximum Gasteiger partial charge on any atom is 0.258 e. The number of fused-ring (bicyclic) bond motifs is 1. The first-order chi connectivity index (χ1) is 13.7. The van der Waals surface area contributed by atoms with E-state index in [-0.39, 0.29) is 0 Å². The van der Waals surface area contributed by atoms with Gasteiger partial charge in [-0.05, 0) is 58.8 Å². The number of hydrogen-bond acceptors (Lipinski definition) is 3. The van der Waals surface area contributed by atoms with Crippen LogP contribution in [0.2, 0.25) is 16.6 Å². The molecule has 3 nitrogen and oxygen atoms in total. The minimum atomic E-state index is -2.15. The summed E-state index contributed by atoms with van der Waals surface area (Å²) in [5.74, 6) is 0.954. The average molecular weight is 414 g/mol. The van der Waals surface area contributed by atoms with Crippen LogP contribution in [0.25, 0.3) is 10.8 Å². The Morgan fingerprint density at radius 2 is 1.62 bits per heavy atom. The van der Waals surface area contributed by atoms with Crippen LogP contribution in [-0.4, -0.2) is 19.2 Å². The molecule has 2 rings (SSSR count). The van der Waals surface area contributed by atoms with Gasteiger partial charge in [0.2, 0.25) is 0 Å². The highest BCUT2D eigenvalue weighted by atomic mass is 28.4. The van der Waals surface area contributed by atoms with Gasteiger partial charge in [0.25, 0.3) is 8.32 Å². The molecule has 0 saturated heterocycles. The van der Waals surface area contributed by atoms with Gasteiger partial charge in [0.15, 0.2) is 0 Å². The smallest absolute Gasteiger partial charge is 0.258 e. The van der Waals surface area contributed by atoms with Gasteiger partial charge in [0.05, 0.1) is 5.71 Å². The van der Waals surface area contributed by atoms with Crippen molar-refractivity contribution >= 4 is 24.8 Å². The second-order valence-electron chi connectivity index (χ2n) is 9.17. The summed E-state index contributed by atoms with van der Waals surface area (Å²) in [6, 6.07) is 10.6. The number of rotatable bonds is 9. The highest BCUT2D eigenvalue weighted by Crippen LogP contribution is 2.45. The molecule has 2 aromatic rings. The topological polar surface area (TPSA) is 41.8 Å². The van der Waals surface area contributed by atoms with Crippen molar-refractivity contribution in [3.8, 4) is 5.75 Å². The Labute approximate surface area is 178 Å². The lowest BCUT2D eigenvalue weighted by atomic mass is 9.94. The van der Waals surface area contributed by atoms with Gasteiger partial charge in [-0.1, -0.05) is 84.3 Å². The molecule has 0 fully saturated rings. The predicted molar refractivity (Wildman–Crippen MR) is 128 cm³/mol. The molecule has 0 amide bonds. The van der Waals surface area contributed by atoms with Crippen molar-refractivity contribution in [3.05, 3.63) is 41.5 Å². The minimum absolute atomic E-state index is 0.479. The van der Waals surface area contributed by atoms with Crippen LogP contribution in [0.5, 0.6) is 5.75 Å². The summed E-state index contributed by atoms with van der Waals surface area (Å²) in [4.78, 5) is 0. The van der Waals surface area contributed by atoms with Crippen LogP contribution < -0.4 is 4.43 Å². The van der Waals surface area contributed by atoms with Crippen molar-refractivity contribution in [3.63, 3.8) is 0 Å². The molecular formula is C25H39NO2Si. The van der Waals surface area contributed by atoms with Crippen LogP contribution in [0.15, 0.2) is 35.5 Å². The molecule has 0 heterocycles. The SMILES string of the molecule is CCCCc1cc2ccccc2c(/C(C)=N/O)c1O[Si](C(C)C)(C(C)C)C(C)C. The van der Waals surface area contributed by atoms with E-state index < -0.39 is 8.32 Å². The molecule has 1 N–H and O–H groups in total. The highest BCUT2D eigenvalue weighted by molar-refractivity contribution is 6.78. The Bertz CT molecular complexity index is 833. The lowest BCUT2D eigenvalue weighted by Gasteiger charge is -2.43. The molecule has 29 heavy (non-hydrogen) atoms. The molecule has 0 bridgehead atoms. The van der Waals surface area contributed by atoms with E-state index >= 15 is 0 Å². The van der Waals surface area contributed by atoms with Gasteiger partial charge in [0, 0.05) is 5.56 Å². The molecule has 0 atom stereocenters. The summed E-state index contributed by atoms with van der Waals surface area (Å²) < 4.78 is 7.22. The van der Waals surface area contributed by atoms with E-state index in [1.807, 2.05) is 13.0 Å². The summed E-state index contributed by atoms with van der Waals surface area (Å²) in [6.45, 7) is 18.0. The summed E-state index contributed by atoms with van der Waals surface area (Å²) >= 11 is 0. The van der Waals surface area contributed by atoms with Crippen LogP contribution >= 0.6 is 0 Å². The van der Waals surface area contributed by atoms with Gasteiger partial charge in [-0.3, -0.25) is 0 Å². The van der Waals surface area contributed by atoms with Crippen LogP contribution in [-0.2, 0) is 6.42 Å². The summed E-state index contributed by atoms with van der Waals surface area (Å²) in [7, 11) is -2.15. The lowest BCUT2D eigenvalue weighted by molar-refractivity contribution is 0.319. The maximum atomic E-state index is 9.71.